The van der Waals surface area contributed by atoms with Gasteiger partial charge in [-0.25, -0.2) is 8.42 Å². The molecule has 0 radical (unpaired) electrons. The predicted octanol–water partition coefficient (Wildman–Crippen LogP) is 3.27. The molecular weight excluding hydrogens is 364 g/mol. The number of nitrogens with zero attached hydrogens (tertiary/aromatic N) is 2. The topological polar surface area (TPSA) is 66.9 Å². The van der Waals surface area contributed by atoms with Gasteiger partial charge in [0, 0.05) is 26.2 Å². The Kier molecular flexibility index (Phi) is 6.42. The van der Waals surface area contributed by atoms with E-state index in [1.54, 1.807) is 17.0 Å². The third kappa shape index (κ3) is 4.29. The van der Waals surface area contributed by atoms with E-state index in [0.717, 1.165) is 44.9 Å². The van der Waals surface area contributed by atoms with Crippen LogP contribution in [0.5, 0.6) is 5.75 Å². The van der Waals surface area contributed by atoms with Crippen molar-refractivity contribution in [3.8, 4) is 5.75 Å². The van der Waals surface area contributed by atoms with Gasteiger partial charge in [0.25, 0.3) is 5.91 Å². The maximum absolute atomic E-state index is 13.1. The normalized spacial score (nSPS) is 19.6. The molecule has 1 amide bonds. The van der Waals surface area contributed by atoms with E-state index >= 15 is 0 Å². The molecule has 6 nitrogen and oxygen atoms in total. The minimum Gasteiger partial charge on any atom is -0.496 e. The first-order valence-corrected chi connectivity index (χ1v) is 11.3. The Labute approximate surface area is 162 Å². The zero-order chi connectivity index (χ0) is 19.4. The Balaban J connectivity index is 1.90. The molecule has 0 atom stereocenters. The molecule has 2 fully saturated rings. The van der Waals surface area contributed by atoms with Gasteiger partial charge in [0.1, 0.15) is 5.75 Å². The lowest BCUT2D eigenvalue weighted by atomic mass is 9.94. The lowest BCUT2D eigenvalue weighted by molar-refractivity contribution is 0.0692. The first-order valence-electron chi connectivity index (χ1n) is 9.90. The quantitative estimate of drug-likeness (QED) is 0.769. The molecule has 3 rings (SSSR count). The monoisotopic (exact) mass is 394 g/mol. The van der Waals surface area contributed by atoms with Crippen molar-refractivity contribution in [3.63, 3.8) is 0 Å². The zero-order valence-electron chi connectivity index (χ0n) is 16.3. The number of piperidine rings is 1. The summed E-state index contributed by atoms with van der Waals surface area (Å²) in [6, 6.07) is 4.84. The van der Waals surface area contributed by atoms with Crippen molar-refractivity contribution < 1.29 is 17.9 Å². The van der Waals surface area contributed by atoms with Crippen molar-refractivity contribution >= 4 is 15.9 Å². The van der Waals surface area contributed by atoms with E-state index in [9.17, 15) is 13.2 Å². The van der Waals surface area contributed by atoms with E-state index in [1.807, 2.05) is 7.05 Å². The molecule has 1 aromatic carbocycles. The average Bonchev–Trinajstić information content (AvgIpc) is 2.73. The molecule has 0 unspecified atom stereocenters. The van der Waals surface area contributed by atoms with Gasteiger partial charge in [0.05, 0.1) is 17.6 Å². The Morgan fingerprint density at radius 1 is 1.07 bits per heavy atom. The van der Waals surface area contributed by atoms with Crippen LogP contribution in [-0.4, -0.2) is 56.8 Å². The summed E-state index contributed by atoms with van der Waals surface area (Å²) in [7, 11) is -0.272. The van der Waals surface area contributed by atoms with E-state index in [-0.39, 0.29) is 16.8 Å². The van der Waals surface area contributed by atoms with E-state index in [1.165, 1.54) is 23.9 Å². The molecule has 7 heteroatoms. The molecule has 1 aliphatic heterocycles. The van der Waals surface area contributed by atoms with Gasteiger partial charge in [0.2, 0.25) is 10.0 Å². The summed E-state index contributed by atoms with van der Waals surface area (Å²) in [4.78, 5) is 15.0. The summed E-state index contributed by atoms with van der Waals surface area (Å²) in [5, 5.41) is 0. The smallest absolute Gasteiger partial charge is 0.257 e. The fraction of sp³-hybridized carbons (Fsp3) is 0.650. The van der Waals surface area contributed by atoms with Crippen LogP contribution in [0.4, 0.5) is 0 Å². The maximum Gasteiger partial charge on any atom is 0.257 e. The Morgan fingerprint density at radius 2 is 1.70 bits per heavy atom. The molecule has 0 spiro atoms. The second-order valence-electron chi connectivity index (χ2n) is 7.53. The number of carbonyl (C=O) groups is 1. The fourth-order valence-electron chi connectivity index (χ4n) is 4.09. The van der Waals surface area contributed by atoms with E-state index in [0.29, 0.717) is 24.4 Å². The average molecular weight is 395 g/mol. The summed E-state index contributed by atoms with van der Waals surface area (Å²) < 4.78 is 32.9. The number of ether oxygens (including phenoxy) is 1. The van der Waals surface area contributed by atoms with Gasteiger partial charge in [-0.2, -0.15) is 4.31 Å². The second kappa shape index (κ2) is 8.61. The van der Waals surface area contributed by atoms with E-state index < -0.39 is 10.0 Å². The van der Waals surface area contributed by atoms with Crippen molar-refractivity contribution in [3.05, 3.63) is 23.8 Å². The molecule has 150 valence electrons. The number of amides is 1. The van der Waals surface area contributed by atoms with Gasteiger partial charge in [-0.15, -0.1) is 0 Å². The standard InChI is InChI=1S/C20H30N2O4S/c1-21(16-9-5-3-6-10-16)20(23)18-15-17(11-12-19(18)26-2)27(24,25)22-13-7-4-8-14-22/h11-12,15-16H,3-10,13-14H2,1-2H3. The number of rotatable bonds is 5. The van der Waals surface area contributed by atoms with Crippen LogP contribution in [0.1, 0.15) is 61.7 Å². The van der Waals surface area contributed by atoms with Gasteiger partial charge >= 0.3 is 0 Å². The van der Waals surface area contributed by atoms with Gasteiger partial charge in [-0.05, 0) is 43.9 Å². The third-order valence-corrected chi connectivity index (χ3v) is 7.69. The second-order valence-corrected chi connectivity index (χ2v) is 9.47. The largest absolute Gasteiger partial charge is 0.496 e. The first kappa shape index (κ1) is 20.1. The predicted molar refractivity (Wildman–Crippen MR) is 105 cm³/mol. The Hall–Kier alpha value is -1.60. The minimum absolute atomic E-state index is 0.172. The number of hydrogen-bond acceptors (Lipinski definition) is 4. The lowest BCUT2D eigenvalue weighted by Crippen LogP contribution is -2.39. The number of sulfonamides is 1. The fourth-order valence-corrected chi connectivity index (χ4v) is 5.64. The summed E-state index contributed by atoms with van der Waals surface area (Å²) in [6.45, 7) is 1.08. The van der Waals surface area contributed by atoms with Gasteiger partial charge in [-0.1, -0.05) is 25.7 Å². The summed E-state index contributed by atoms with van der Waals surface area (Å²) in [5.74, 6) is 0.245. The van der Waals surface area contributed by atoms with Crippen LogP contribution >= 0.6 is 0 Å². The highest BCUT2D eigenvalue weighted by atomic mass is 32.2. The van der Waals surface area contributed by atoms with Gasteiger partial charge in [0.15, 0.2) is 0 Å². The van der Waals surface area contributed by atoms with E-state index in [2.05, 4.69) is 0 Å². The number of hydrogen-bond donors (Lipinski definition) is 0. The lowest BCUT2D eigenvalue weighted by Gasteiger charge is -2.32. The summed E-state index contributed by atoms with van der Waals surface area (Å²) >= 11 is 0. The van der Waals surface area contributed by atoms with Crippen LogP contribution in [0, 0.1) is 0 Å². The molecule has 1 aliphatic carbocycles. The van der Waals surface area contributed by atoms with Crippen LogP contribution < -0.4 is 4.74 Å². The van der Waals surface area contributed by atoms with Crippen LogP contribution in [-0.2, 0) is 10.0 Å². The Bertz CT molecular complexity index is 766. The van der Waals surface area contributed by atoms with Crippen LogP contribution in [0.3, 0.4) is 0 Å². The van der Waals surface area contributed by atoms with Gasteiger partial charge < -0.3 is 9.64 Å². The highest BCUT2D eigenvalue weighted by Gasteiger charge is 2.30. The minimum atomic E-state index is -3.59. The molecule has 27 heavy (non-hydrogen) atoms. The number of carbonyl (C=O) groups excluding carboxylic acids is 1. The molecular formula is C20H30N2O4S. The molecule has 0 bridgehead atoms. The van der Waals surface area contributed by atoms with Crippen molar-refractivity contribution in [2.45, 2.75) is 62.3 Å². The molecule has 1 aromatic rings. The van der Waals surface area contributed by atoms with Crippen molar-refractivity contribution in [2.75, 3.05) is 27.2 Å². The van der Waals surface area contributed by atoms with E-state index in [4.69, 9.17) is 4.74 Å². The first-order chi connectivity index (χ1) is 12.9. The van der Waals surface area contributed by atoms with Crippen molar-refractivity contribution in [1.29, 1.82) is 0 Å². The molecule has 1 saturated carbocycles. The molecule has 2 aliphatic rings. The highest BCUT2D eigenvalue weighted by molar-refractivity contribution is 7.89. The third-order valence-electron chi connectivity index (χ3n) is 5.80. The molecule has 1 saturated heterocycles. The maximum atomic E-state index is 13.1. The molecule has 0 N–H and O–H groups in total. The highest BCUT2D eigenvalue weighted by Crippen LogP contribution is 2.29. The van der Waals surface area contributed by atoms with Crippen molar-refractivity contribution in [1.82, 2.24) is 9.21 Å². The zero-order valence-corrected chi connectivity index (χ0v) is 17.1. The molecule has 0 aromatic heterocycles. The number of benzene rings is 1. The molecule has 1 heterocycles. The van der Waals surface area contributed by atoms with Crippen molar-refractivity contribution in [2.24, 2.45) is 0 Å². The SMILES string of the molecule is COc1ccc(S(=O)(=O)N2CCCCC2)cc1C(=O)N(C)C1CCCCC1. The van der Waals surface area contributed by atoms with Crippen LogP contribution in [0.25, 0.3) is 0 Å². The Morgan fingerprint density at radius 3 is 2.33 bits per heavy atom. The summed E-state index contributed by atoms with van der Waals surface area (Å²) in [6.07, 6.45) is 8.28. The summed E-state index contributed by atoms with van der Waals surface area (Å²) in [5.41, 5.74) is 0.323. The van der Waals surface area contributed by atoms with Gasteiger partial charge in [-0.3, -0.25) is 4.79 Å². The number of methoxy groups -OCH3 is 1. The van der Waals surface area contributed by atoms with Crippen LogP contribution in [0.15, 0.2) is 23.1 Å². The van der Waals surface area contributed by atoms with Crippen LogP contribution in [0.2, 0.25) is 0 Å².